The normalized spacial score (nSPS) is 17.6. The average Bonchev–Trinajstić information content (AvgIpc) is 3.51. The molecule has 1 fully saturated rings. The van der Waals surface area contributed by atoms with Crippen LogP contribution in [0.3, 0.4) is 0 Å². The van der Waals surface area contributed by atoms with Gasteiger partial charge in [-0.25, -0.2) is 9.78 Å². The van der Waals surface area contributed by atoms with Crippen LogP contribution in [0, 0.1) is 0 Å². The maximum Gasteiger partial charge on any atom is 0.323 e. The van der Waals surface area contributed by atoms with Gasteiger partial charge in [-0.3, -0.25) is 19.5 Å². The largest absolute Gasteiger partial charge is 0.380 e. The molecule has 0 bridgehead atoms. The Morgan fingerprint density at radius 3 is 2.42 bits per heavy atom. The quantitative estimate of drug-likeness (QED) is 0.597. The summed E-state index contributed by atoms with van der Waals surface area (Å²) >= 11 is 5.83. The lowest BCUT2D eigenvalue weighted by Crippen LogP contribution is -2.45. The molecule has 9 nitrogen and oxygen atoms in total. The standard InChI is InChI=1S/C23H22ClN5O4/c1-33-18-12-19(29(14-18)23(32)27-20-9-6-16(24)13-25-20)21(30)26-17-7-4-15(5-8-17)22(31)28-10-2-3-11-28/h2-11,13,18-19H,12,14H2,1H3,(H,26,30)(H,25,27,32)/t18-,19-/m1/s1. The van der Waals surface area contributed by atoms with Gasteiger partial charge in [-0.1, -0.05) is 11.6 Å². The van der Waals surface area contributed by atoms with Crippen molar-refractivity contribution in [1.82, 2.24) is 14.5 Å². The molecule has 3 aromatic rings. The summed E-state index contributed by atoms with van der Waals surface area (Å²) < 4.78 is 6.87. The molecule has 1 aliphatic rings. The minimum absolute atomic E-state index is 0.171. The van der Waals surface area contributed by atoms with Crippen molar-refractivity contribution < 1.29 is 19.1 Å². The van der Waals surface area contributed by atoms with Crippen LogP contribution in [-0.2, 0) is 9.53 Å². The molecule has 4 rings (SSSR count). The van der Waals surface area contributed by atoms with Crippen LogP contribution in [-0.4, -0.2) is 58.1 Å². The number of carbonyl (C=O) groups excluding carboxylic acids is 3. The van der Waals surface area contributed by atoms with Crippen LogP contribution in [0.4, 0.5) is 16.3 Å². The Kier molecular flexibility index (Phi) is 6.71. The van der Waals surface area contributed by atoms with Crippen LogP contribution >= 0.6 is 11.6 Å². The Balaban J connectivity index is 1.43. The number of methoxy groups -OCH3 is 1. The number of amides is 3. The molecule has 1 aliphatic heterocycles. The first-order valence-corrected chi connectivity index (χ1v) is 10.6. The molecule has 3 heterocycles. The number of nitrogens with zero attached hydrogens (tertiary/aromatic N) is 3. The van der Waals surface area contributed by atoms with Gasteiger partial charge in [0, 0.05) is 49.9 Å². The number of carbonyl (C=O) groups is 3. The number of benzene rings is 1. The Bertz CT molecular complexity index is 1130. The summed E-state index contributed by atoms with van der Waals surface area (Å²) in [5.41, 5.74) is 1.01. The van der Waals surface area contributed by atoms with Crippen molar-refractivity contribution >= 4 is 41.0 Å². The number of rotatable bonds is 5. The Morgan fingerprint density at radius 2 is 1.79 bits per heavy atom. The number of ether oxygens (including phenoxy) is 1. The molecule has 0 unspecified atom stereocenters. The van der Waals surface area contributed by atoms with Gasteiger partial charge in [-0.05, 0) is 48.5 Å². The van der Waals surface area contributed by atoms with Crippen LogP contribution < -0.4 is 10.6 Å². The van der Waals surface area contributed by atoms with Crippen molar-refractivity contribution in [1.29, 1.82) is 0 Å². The van der Waals surface area contributed by atoms with E-state index in [-0.39, 0.29) is 24.5 Å². The fourth-order valence-electron chi connectivity index (χ4n) is 3.61. The molecule has 3 amide bonds. The van der Waals surface area contributed by atoms with Crippen molar-refractivity contribution in [3.63, 3.8) is 0 Å². The van der Waals surface area contributed by atoms with E-state index in [0.717, 1.165) is 0 Å². The number of hydrogen-bond donors (Lipinski definition) is 2. The molecule has 170 valence electrons. The first kappa shape index (κ1) is 22.5. The average molecular weight is 468 g/mol. The number of halogens is 1. The van der Waals surface area contributed by atoms with E-state index in [4.69, 9.17) is 16.3 Å². The molecule has 1 aromatic carbocycles. The molecule has 1 saturated heterocycles. The summed E-state index contributed by atoms with van der Waals surface area (Å²) in [5.74, 6) is -0.194. The highest BCUT2D eigenvalue weighted by Crippen LogP contribution is 2.23. The molecule has 2 N–H and O–H groups in total. The molecule has 10 heteroatoms. The summed E-state index contributed by atoms with van der Waals surface area (Å²) in [7, 11) is 1.54. The number of aromatic nitrogens is 2. The first-order valence-electron chi connectivity index (χ1n) is 10.2. The summed E-state index contributed by atoms with van der Waals surface area (Å²) in [4.78, 5) is 43.7. The van der Waals surface area contributed by atoms with Gasteiger partial charge < -0.3 is 15.0 Å². The summed E-state index contributed by atoms with van der Waals surface area (Å²) in [6.07, 6.45) is 4.85. The number of anilines is 2. The molecule has 2 atom stereocenters. The zero-order chi connectivity index (χ0) is 23.4. The molecule has 2 aromatic heterocycles. The maximum atomic E-state index is 13.0. The lowest BCUT2D eigenvalue weighted by molar-refractivity contribution is -0.119. The Labute approximate surface area is 195 Å². The highest BCUT2D eigenvalue weighted by Gasteiger charge is 2.40. The number of likely N-dealkylation sites (tertiary alicyclic amines) is 1. The van der Waals surface area contributed by atoms with E-state index in [1.807, 2.05) is 0 Å². The van der Waals surface area contributed by atoms with Crippen LogP contribution in [0.15, 0.2) is 67.1 Å². The van der Waals surface area contributed by atoms with Crippen molar-refractivity contribution in [2.45, 2.75) is 18.6 Å². The summed E-state index contributed by atoms with van der Waals surface area (Å²) in [6, 6.07) is 12.1. The molecular weight excluding hydrogens is 446 g/mol. The van der Waals surface area contributed by atoms with Crippen LogP contribution in [0.25, 0.3) is 0 Å². The van der Waals surface area contributed by atoms with E-state index in [1.165, 1.54) is 15.7 Å². The van der Waals surface area contributed by atoms with Crippen molar-refractivity contribution in [2.24, 2.45) is 0 Å². The van der Waals surface area contributed by atoms with E-state index in [9.17, 15) is 14.4 Å². The van der Waals surface area contributed by atoms with Gasteiger partial charge in [0.1, 0.15) is 11.9 Å². The number of pyridine rings is 1. The van der Waals surface area contributed by atoms with E-state index >= 15 is 0 Å². The van der Waals surface area contributed by atoms with Gasteiger partial charge >= 0.3 is 6.03 Å². The summed E-state index contributed by atoms with van der Waals surface area (Å²) in [5, 5.41) is 5.95. The van der Waals surface area contributed by atoms with Gasteiger partial charge in [0.2, 0.25) is 5.91 Å². The van der Waals surface area contributed by atoms with Gasteiger partial charge in [-0.15, -0.1) is 0 Å². The summed E-state index contributed by atoms with van der Waals surface area (Å²) in [6.45, 7) is 0.262. The van der Waals surface area contributed by atoms with Gasteiger partial charge in [0.05, 0.1) is 11.1 Å². The van der Waals surface area contributed by atoms with E-state index in [1.54, 1.807) is 68.0 Å². The fraction of sp³-hybridized carbons (Fsp3) is 0.217. The topological polar surface area (TPSA) is 106 Å². The molecule has 0 radical (unpaired) electrons. The number of nitrogens with one attached hydrogen (secondary N) is 2. The monoisotopic (exact) mass is 467 g/mol. The smallest absolute Gasteiger partial charge is 0.323 e. The highest BCUT2D eigenvalue weighted by atomic mass is 35.5. The Hall–Kier alpha value is -3.69. The fourth-order valence-corrected chi connectivity index (χ4v) is 3.72. The van der Waals surface area contributed by atoms with Gasteiger partial charge in [0.25, 0.3) is 5.91 Å². The third-order valence-electron chi connectivity index (χ3n) is 5.36. The molecule has 0 spiro atoms. The van der Waals surface area contributed by atoms with Crippen molar-refractivity contribution in [2.75, 3.05) is 24.3 Å². The second-order valence-corrected chi connectivity index (χ2v) is 7.95. The minimum Gasteiger partial charge on any atom is -0.380 e. The second-order valence-electron chi connectivity index (χ2n) is 7.52. The molecule has 0 saturated carbocycles. The lowest BCUT2D eigenvalue weighted by Gasteiger charge is -2.23. The van der Waals surface area contributed by atoms with Gasteiger partial charge in [0.15, 0.2) is 0 Å². The predicted octanol–water partition coefficient (Wildman–Crippen LogP) is 3.48. The van der Waals surface area contributed by atoms with Crippen molar-refractivity contribution in [3.8, 4) is 0 Å². The van der Waals surface area contributed by atoms with Crippen molar-refractivity contribution in [3.05, 3.63) is 77.7 Å². The first-order chi connectivity index (χ1) is 15.9. The SMILES string of the molecule is CO[C@@H]1C[C@H](C(=O)Nc2ccc(C(=O)n3cccc3)cc2)N(C(=O)Nc2ccc(Cl)cn2)C1. The second kappa shape index (κ2) is 9.85. The van der Waals surface area contributed by atoms with E-state index in [2.05, 4.69) is 15.6 Å². The number of hydrogen-bond acceptors (Lipinski definition) is 5. The van der Waals surface area contributed by atoms with E-state index < -0.39 is 12.1 Å². The molecule has 0 aliphatic carbocycles. The van der Waals surface area contributed by atoms with Crippen LogP contribution in [0.2, 0.25) is 5.02 Å². The van der Waals surface area contributed by atoms with Crippen LogP contribution in [0.1, 0.15) is 16.8 Å². The zero-order valence-electron chi connectivity index (χ0n) is 17.8. The minimum atomic E-state index is -0.733. The third kappa shape index (κ3) is 5.21. The van der Waals surface area contributed by atoms with Crippen LogP contribution in [0.5, 0.6) is 0 Å². The molecular formula is C23H22ClN5O4. The number of urea groups is 1. The maximum absolute atomic E-state index is 13.0. The third-order valence-corrected chi connectivity index (χ3v) is 5.58. The van der Waals surface area contributed by atoms with E-state index in [0.29, 0.717) is 28.5 Å². The van der Waals surface area contributed by atoms with Gasteiger partial charge in [-0.2, -0.15) is 0 Å². The highest BCUT2D eigenvalue weighted by molar-refractivity contribution is 6.30. The lowest BCUT2D eigenvalue weighted by atomic mass is 10.1. The zero-order valence-corrected chi connectivity index (χ0v) is 18.5. The molecule has 33 heavy (non-hydrogen) atoms. The Morgan fingerprint density at radius 1 is 1.06 bits per heavy atom. The predicted molar refractivity (Wildman–Crippen MR) is 123 cm³/mol.